The molecule has 4 aliphatic heterocycles. The molecule has 4 saturated heterocycles. The van der Waals surface area contributed by atoms with Gasteiger partial charge in [0.2, 0.25) is 0 Å². The van der Waals surface area contributed by atoms with Crippen LogP contribution in [-0.4, -0.2) is 32.3 Å². The molecule has 336 valence electrons. The minimum atomic E-state index is -0.860. The molecule has 0 aromatic heterocycles. The molecule has 4 aliphatic carbocycles. The molecule has 0 radical (unpaired) electrons. The first kappa shape index (κ1) is 59.2. The molecule has 0 nitrogen and oxygen atoms in total. The third kappa shape index (κ3) is 16.8. The molecule has 60 heavy (non-hydrogen) atoms. The second kappa shape index (κ2) is 29.0. The Bertz CT molecular complexity index is 1330. The molecular formula is C52H88Cl2Si4Zr2-2. The summed E-state index contributed by atoms with van der Waals surface area (Å²) in [6.45, 7) is 19.4. The van der Waals surface area contributed by atoms with Crippen LogP contribution in [0.5, 0.6) is 0 Å². The Balaban J connectivity index is 0.000000391. The normalized spacial score (nSPS) is 22.5. The minimum Gasteiger partial charge on any atom is -1.00 e. The third-order valence-electron chi connectivity index (χ3n) is 15.8. The molecule has 8 heteroatoms. The first-order valence-corrected chi connectivity index (χ1v) is 36.2. The summed E-state index contributed by atoms with van der Waals surface area (Å²) in [6, 6.07) is 12.4. The monoisotopic (exact) mass is 1070 g/mol. The van der Waals surface area contributed by atoms with E-state index in [9.17, 15) is 0 Å². The van der Waals surface area contributed by atoms with Crippen molar-refractivity contribution in [1.82, 2.24) is 0 Å². The van der Waals surface area contributed by atoms with Crippen LogP contribution in [0.25, 0.3) is 0 Å². The van der Waals surface area contributed by atoms with Crippen LogP contribution in [0, 0.1) is 0 Å². The Morgan fingerprint density at radius 1 is 0.350 bits per heavy atom. The molecule has 0 atom stereocenters. The van der Waals surface area contributed by atoms with Crippen LogP contribution in [0.4, 0.5) is 0 Å². The van der Waals surface area contributed by atoms with Crippen molar-refractivity contribution < 1.29 is 77.2 Å². The number of unbranched alkanes of at least 4 members (excludes halogenated alkanes) is 4. The van der Waals surface area contributed by atoms with Crippen LogP contribution in [0.2, 0.25) is 74.5 Å². The number of hydrogen-bond acceptors (Lipinski definition) is 0. The number of allylic oxidation sites excluding steroid dienone is 16. The Kier molecular flexibility index (Phi) is 28.6. The molecule has 0 aromatic carbocycles. The summed E-state index contributed by atoms with van der Waals surface area (Å²) >= 11 is 0. The molecule has 0 amide bonds. The van der Waals surface area contributed by atoms with Crippen molar-refractivity contribution in [1.29, 1.82) is 0 Å². The summed E-state index contributed by atoms with van der Waals surface area (Å²) in [5, 5.41) is 7.15. The molecule has 4 heterocycles. The van der Waals surface area contributed by atoms with Gasteiger partial charge in [0.05, 0.1) is 32.3 Å². The first-order chi connectivity index (χ1) is 27.0. The first-order valence-electron chi connectivity index (χ1n) is 24.6. The molecule has 0 unspecified atom stereocenters. The zero-order chi connectivity index (χ0) is 40.1. The maximum Gasteiger partial charge on any atom is 0.0832 e. The summed E-state index contributed by atoms with van der Waals surface area (Å²) in [4.78, 5) is 0. The van der Waals surface area contributed by atoms with Crippen molar-refractivity contribution in [2.24, 2.45) is 0 Å². The van der Waals surface area contributed by atoms with Gasteiger partial charge in [-0.2, -0.15) is 0 Å². The van der Waals surface area contributed by atoms with E-state index >= 15 is 0 Å². The standard InChI is InChI=1S/4C13H22Si.2ClH.2Zr/c4*1-3-4-6-12-7-8-13(11-12)14(2)9-5-10-14;;;;/h4*8,11H,3-7,9-10H2,1-2H3;2*1H;;/p-2. The Morgan fingerprint density at radius 2 is 0.533 bits per heavy atom. The fourth-order valence-corrected chi connectivity index (χ4v) is 22.8. The van der Waals surface area contributed by atoms with Crippen LogP contribution >= 0.6 is 0 Å². The van der Waals surface area contributed by atoms with E-state index in [1.54, 1.807) is 91.4 Å². The molecular weight excluding hydrogens is 990 g/mol. The summed E-state index contributed by atoms with van der Waals surface area (Å²) in [5.41, 5.74) is 6.84. The molecule has 0 N–H and O–H groups in total. The van der Waals surface area contributed by atoms with Gasteiger partial charge in [-0.15, -0.1) is 0 Å². The molecule has 8 rings (SSSR count). The quantitative estimate of drug-likeness (QED) is 0.135. The Labute approximate surface area is 427 Å². The van der Waals surface area contributed by atoms with E-state index in [-0.39, 0.29) is 77.2 Å². The number of halogens is 2. The number of rotatable bonds is 16. The molecule has 0 saturated carbocycles. The maximum absolute atomic E-state index is 2.57. The zero-order valence-electron chi connectivity index (χ0n) is 40.2. The SMILES string of the molecule is CCCCC1=CC([Si]2(C)CCC2)=CC1.CCCCC1=CC([Si]2(C)CCC2)=CC1.CCCCC1=CC([Si]2(C)CCC2)=CC1.CCCCC1=CC([Si]2(C)CCC2)=CC1.[Cl-].[Cl-].[Zr].[Zr]. The average molecular weight is 1080 g/mol. The van der Waals surface area contributed by atoms with E-state index in [0.717, 1.165) is 0 Å². The molecule has 4 fully saturated rings. The Morgan fingerprint density at radius 3 is 0.667 bits per heavy atom. The topological polar surface area (TPSA) is 0 Å². The van der Waals surface area contributed by atoms with Crippen molar-refractivity contribution in [3.05, 3.63) is 91.7 Å². The van der Waals surface area contributed by atoms with Gasteiger partial charge in [0, 0.05) is 52.4 Å². The second-order valence-electron chi connectivity index (χ2n) is 20.7. The van der Waals surface area contributed by atoms with Gasteiger partial charge in [-0.25, -0.2) is 0 Å². The van der Waals surface area contributed by atoms with E-state index in [0.29, 0.717) is 0 Å². The van der Waals surface area contributed by atoms with Gasteiger partial charge in [0.15, 0.2) is 0 Å². The predicted octanol–water partition coefficient (Wildman–Crippen LogP) is 11.8. The number of hydrogen-bond donors (Lipinski definition) is 0. The summed E-state index contributed by atoms with van der Waals surface area (Å²) < 4.78 is 0. The van der Waals surface area contributed by atoms with Gasteiger partial charge < -0.3 is 24.8 Å². The van der Waals surface area contributed by atoms with E-state index in [2.05, 4.69) is 102 Å². The molecule has 0 bridgehead atoms. The fourth-order valence-electron chi connectivity index (χ4n) is 10.3. The van der Waals surface area contributed by atoms with Crippen LogP contribution in [0.15, 0.2) is 91.7 Å². The minimum absolute atomic E-state index is 0. The smallest absolute Gasteiger partial charge is 0.0832 e. The van der Waals surface area contributed by atoms with Crippen LogP contribution in [0.3, 0.4) is 0 Å². The van der Waals surface area contributed by atoms with Gasteiger partial charge in [-0.1, -0.05) is 245 Å². The average Bonchev–Trinajstić information content (AvgIpc) is 3.99. The molecule has 8 aliphatic rings. The van der Waals surface area contributed by atoms with E-state index in [1.165, 1.54) is 128 Å². The van der Waals surface area contributed by atoms with Crippen LogP contribution in [0.1, 0.15) is 156 Å². The van der Waals surface area contributed by atoms with Gasteiger partial charge >= 0.3 is 0 Å². The van der Waals surface area contributed by atoms with Crippen molar-refractivity contribution in [2.75, 3.05) is 0 Å². The predicted molar refractivity (Wildman–Crippen MR) is 265 cm³/mol. The Hall–Kier alpha value is 1.13. The van der Waals surface area contributed by atoms with E-state index < -0.39 is 32.3 Å². The summed E-state index contributed by atoms with van der Waals surface area (Å²) in [5.74, 6) is 0. The van der Waals surface area contributed by atoms with Crippen LogP contribution < -0.4 is 24.8 Å². The van der Waals surface area contributed by atoms with Gasteiger partial charge in [-0.05, 0) is 77.0 Å². The maximum atomic E-state index is 2.57. The van der Waals surface area contributed by atoms with E-state index in [1.807, 2.05) is 0 Å². The zero-order valence-corrected chi connectivity index (χ0v) is 50.6. The largest absolute Gasteiger partial charge is 1.00 e. The summed E-state index contributed by atoms with van der Waals surface area (Å²) in [6.07, 6.45) is 47.7. The van der Waals surface area contributed by atoms with E-state index in [4.69, 9.17) is 0 Å². The fraction of sp³-hybridized carbons (Fsp3) is 0.692. The van der Waals surface area contributed by atoms with Gasteiger partial charge in [0.25, 0.3) is 0 Å². The second-order valence-corrected chi connectivity index (χ2v) is 39.5. The van der Waals surface area contributed by atoms with Gasteiger partial charge in [-0.3, -0.25) is 0 Å². The molecule has 0 aromatic rings. The van der Waals surface area contributed by atoms with Crippen LogP contribution in [-0.2, 0) is 52.4 Å². The van der Waals surface area contributed by atoms with Crippen molar-refractivity contribution in [3.8, 4) is 0 Å². The molecule has 0 spiro atoms. The van der Waals surface area contributed by atoms with Crippen molar-refractivity contribution in [3.63, 3.8) is 0 Å². The van der Waals surface area contributed by atoms with Crippen molar-refractivity contribution in [2.45, 2.75) is 231 Å². The third-order valence-corrected chi connectivity index (χ3v) is 34.4. The van der Waals surface area contributed by atoms with Gasteiger partial charge in [0.1, 0.15) is 0 Å². The summed E-state index contributed by atoms with van der Waals surface area (Å²) in [7, 11) is -3.44. The van der Waals surface area contributed by atoms with Crippen molar-refractivity contribution >= 4 is 32.3 Å².